The van der Waals surface area contributed by atoms with E-state index in [9.17, 15) is 4.79 Å². The summed E-state index contributed by atoms with van der Waals surface area (Å²) in [7, 11) is 0. The zero-order valence-electron chi connectivity index (χ0n) is 5.11. The van der Waals surface area contributed by atoms with Crippen LogP contribution < -0.4 is 5.73 Å². The molecule has 0 fully saturated rings. The topological polar surface area (TPSA) is 43.1 Å². The van der Waals surface area contributed by atoms with Gasteiger partial charge in [-0.1, -0.05) is 19.1 Å². The van der Waals surface area contributed by atoms with E-state index < -0.39 is 0 Å². The van der Waals surface area contributed by atoms with Crippen molar-refractivity contribution in [3.8, 4) is 0 Å². The minimum atomic E-state index is -0.295. The molecule has 0 aromatic rings. The first-order valence-corrected chi connectivity index (χ1v) is 2.61. The van der Waals surface area contributed by atoms with Gasteiger partial charge < -0.3 is 5.73 Å². The molecule has 2 N–H and O–H groups in total. The summed E-state index contributed by atoms with van der Waals surface area (Å²) in [5.74, 6) is -0.295. The van der Waals surface area contributed by atoms with Crippen LogP contribution in [-0.4, -0.2) is 5.91 Å². The van der Waals surface area contributed by atoms with Crippen LogP contribution in [0.2, 0.25) is 0 Å². The summed E-state index contributed by atoms with van der Waals surface area (Å²) in [5, 5.41) is 0. The summed E-state index contributed by atoms with van der Waals surface area (Å²) in [4.78, 5) is 10.1. The lowest BCUT2D eigenvalue weighted by molar-refractivity contribution is -0.117. The van der Waals surface area contributed by atoms with Gasteiger partial charge in [0.15, 0.2) is 0 Å². The molecule has 0 aromatic carbocycles. The Morgan fingerprint density at radius 3 is 2.38 bits per heavy atom. The minimum Gasteiger partial charge on any atom is -0.369 e. The van der Waals surface area contributed by atoms with E-state index in [1.165, 1.54) is 0 Å². The normalized spacial score (nSPS) is 8.62. The highest BCUT2D eigenvalue weighted by Gasteiger charge is 1.94. The Morgan fingerprint density at radius 1 is 1.75 bits per heavy atom. The van der Waals surface area contributed by atoms with Gasteiger partial charge in [0, 0.05) is 6.42 Å². The van der Waals surface area contributed by atoms with Crippen LogP contribution in [0.5, 0.6) is 0 Å². The molecule has 0 atom stereocenters. The number of hydrogen-bond donors (Lipinski definition) is 1. The SMILES string of the molecule is C=C(CC)CC(N)=O. The molecular weight excluding hydrogens is 102 g/mol. The van der Waals surface area contributed by atoms with Crippen molar-refractivity contribution < 1.29 is 4.79 Å². The zero-order valence-corrected chi connectivity index (χ0v) is 5.11. The lowest BCUT2D eigenvalue weighted by atomic mass is 10.2. The van der Waals surface area contributed by atoms with Gasteiger partial charge in [-0.2, -0.15) is 0 Å². The molecule has 0 heterocycles. The molecule has 0 bridgehead atoms. The Balaban J connectivity index is 3.40. The van der Waals surface area contributed by atoms with Crippen molar-refractivity contribution in [3.05, 3.63) is 12.2 Å². The zero-order chi connectivity index (χ0) is 6.57. The van der Waals surface area contributed by atoms with E-state index in [4.69, 9.17) is 5.73 Å². The maximum atomic E-state index is 10.1. The molecule has 0 spiro atoms. The third kappa shape index (κ3) is 3.40. The summed E-state index contributed by atoms with van der Waals surface area (Å²) >= 11 is 0. The Kier molecular flexibility index (Phi) is 2.92. The minimum absolute atomic E-state index is 0.295. The van der Waals surface area contributed by atoms with Crippen LogP contribution in [0.4, 0.5) is 0 Å². The maximum Gasteiger partial charge on any atom is 0.221 e. The second-order valence-electron chi connectivity index (χ2n) is 1.75. The molecule has 0 rings (SSSR count). The van der Waals surface area contributed by atoms with Gasteiger partial charge in [0.1, 0.15) is 0 Å². The molecule has 0 saturated heterocycles. The Labute approximate surface area is 49.4 Å². The van der Waals surface area contributed by atoms with E-state index >= 15 is 0 Å². The van der Waals surface area contributed by atoms with Crippen LogP contribution in [0.15, 0.2) is 12.2 Å². The van der Waals surface area contributed by atoms with Crippen LogP contribution in [0.3, 0.4) is 0 Å². The summed E-state index contributed by atoms with van der Waals surface area (Å²) in [6, 6.07) is 0. The quantitative estimate of drug-likeness (QED) is 0.541. The second-order valence-corrected chi connectivity index (χ2v) is 1.75. The second kappa shape index (κ2) is 3.24. The number of primary amides is 1. The fourth-order valence-corrected chi connectivity index (χ4v) is 0.371. The highest BCUT2D eigenvalue weighted by Crippen LogP contribution is 1.99. The van der Waals surface area contributed by atoms with Crippen molar-refractivity contribution in [2.75, 3.05) is 0 Å². The largest absolute Gasteiger partial charge is 0.369 e. The molecule has 0 aliphatic carbocycles. The van der Waals surface area contributed by atoms with Crippen molar-refractivity contribution in [2.45, 2.75) is 19.8 Å². The van der Waals surface area contributed by atoms with Gasteiger partial charge in [-0.15, -0.1) is 0 Å². The van der Waals surface area contributed by atoms with E-state index in [0.29, 0.717) is 6.42 Å². The predicted octanol–water partition coefficient (Wildman–Crippen LogP) is 0.828. The van der Waals surface area contributed by atoms with Crippen molar-refractivity contribution in [1.82, 2.24) is 0 Å². The van der Waals surface area contributed by atoms with E-state index in [1.807, 2.05) is 6.92 Å². The van der Waals surface area contributed by atoms with Crippen LogP contribution in [0, 0.1) is 0 Å². The van der Waals surface area contributed by atoms with E-state index in [-0.39, 0.29) is 5.91 Å². The summed E-state index contributed by atoms with van der Waals surface area (Å²) in [6.07, 6.45) is 1.17. The Hall–Kier alpha value is -0.790. The lowest BCUT2D eigenvalue weighted by Crippen LogP contribution is -2.10. The first-order chi connectivity index (χ1) is 3.66. The van der Waals surface area contributed by atoms with Crippen molar-refractivity contribution in [1.29, 1.82) is 0 Å². The molecular formula is C6H11NO. The average molecular weight is 113 g/mol. The molecule has 1 amide bonds. The van der Waals surface area contributed by atoms with Gasteiger partial charge in [0.05, 0.1) is 0 Å². The molecule has 2 nitrogen and oxygen atoms in total. The fourth-order valence-electron chi connectivity index (χ4n) is 0.371. The van der Waals surface area contributed by atoms with Crippen molar-refractivity contribution >= 4 is 5.91 Å². The number of nitrogens with two attached hydrogens (primary N) is 1. The van der Waals surface area contributed by atoms with Crippen LogP contribution in [0.1, 0.15) is 19.8 Å². The fraction of sp³-hybridized carbons (Fsp3) is 0.500. The third-order valence-corrected chi connectivity index (χ3v) is 0.924. The number of carbonyl (C=O) groups excluding carboxylic acids is 1. The van der Waals surface area contributed by atoms with Gasteiger partial charge in [-0.3, -0.25) is 4.79 Å². The van der Waals surface area contributed by atoms with E-state index in [2.05, 4.69) is 6.58 Å². The van der Waals surface area contributed by atoms with E-state index in [1.54, 1.807) is 0 Å². The number of rotatable bonds is 3. The molecule has 0 aromatic heterocycles. The summed E-state index contributed by atoms with van der Waals surface area (Å²) in [5.41, 5.74) is 5.77. The van der Waals surface area contributed by atoms with Gasteiger partial charge in [-0.05, 0) is 6.42 Å². The Bertz CT molecular complexity index is 107. The molecule has 46 valence electrons. The van der Waals surface area contributed by atoms with Crippen molar-refractivity contribution in [2.24, 2.45) is 5.73 Å². The molecule has 8 heavy (non-hydrogen) atoms. The smallest absolute Gasteiger partial charge is 0.221 e. The highest BCUT2D eigenvalue weighted by molar-refractivity contribution is 5.76. The maximum absolute atomic E-state index is 10.1. The first kappa shape index (κ1) is 7.21. The molecule has 0 saturated carbocycles. The number of amides is 1. The monoisotopic (exact) mass is 113 g/mol. The van der Waals surface area contributed by atoms with Crippen LogP contribution >= 0.6 is 0 Å². The van der Waals surface area contributed by atoms with Gasteiger partial charge in [-0.25, -0.2) is 0 Å². The molecule has 0 aliphatic rings. The summed E-state index contributed by atoms with van der Waals surface area (Å²) < 4.78 is 0. The van der Waals surface area contributed by atoms with Crippen LogP contribution in [0.25, 0.3) is 0 Å². The Morgan fingerprint density at radius 2 is 2.25 bits per heavy atom. The predicted molar refractivity (Wildman–Crippen MR) is 33.2 cm³/mol. The van der Waals surface area contributed by atoms with Gasteiger partial charge in [0.2, 0.25) is 5.91 Å². The molecule has 0 radical (unpaired) electrons. The first-order valence-electron chi connectivity index (χ1n) is 2.61. The highest BCUT2D eigenvalue weighted by atomic mass is 16.1. The third-order valence-electron chi connectivity index (χ3n) is 0.924. The molecule has 0 aliphatic heterocycles. The molecule has 0 unspecified atom stereocenters. The standard InChI is InChI=1S/C6H11NO/c1-3-5(2)4-6(7)8/h2-4H2,1H3,(H2,7,8). The average Bonchev–Trinajstić information content (AvgIpc) is 1.65. The van der Waals surface area contributed by atoms with Gasteiger partial charge in [0.25, 0.3) is 0 Å². The van der Waals surface area contributed by atoms with Gasteiger partial charge >= 0.3 is 0 Å². The lowest BCUT2D eigenvalue weighted by Gasteiger charge is -1.93. The van der Waals surface area contributed by atoms with Crippen molar-refractivity contribution in [3.63, 3.8) is 0 Å². The number of hydrogen-bond acceptors (Lipinski definition) is 1. The molecule has 2 heteroatoms. The van der Waals surface area contributed by atoms with Crippen LogP contribution in [-0.2, 0) is 4.79 Å². The summed E-state index contributed by atoms with van der Waals surface area (Å²) in [6.45, 7) is 5.56. The van der Waals surface area contributed by atoms with E-state index in [0.717, 1.165) is 12.0 Å². The number of carbonyl (C=O) groups is 1.